The van der Waals surface area contributed by atoms with Crippen LogP contribution in [0.25, 0.3) is 55.1 Å². The van der Waals surface area contributed by atoms with Gasteiger partial charge in [0, 0.05) is 34.8 Å². The second kappa shape index (κ2) is 8.09. The minimum Gasteiger partial charge on any atom is -0.455 e. The van der Waals surface area contributed by atoms with E-state index in [4.69, 9.17) is 11.3 Å². The molecule has 2 heteroatoms. The van der Waals surface area contributed by atoms with Crippen LogP contribution in [0.2, 0.25) is 0 Å². The number of furan rings is 1. The summed E-state index contributed by atoms with van der Waals surface area (Å²) in [7, 11) is 0. The summed E-state index contributed by atoms with van der Waals surface area (Å²) in [6.07, 6.45) is -0.621. The smallest absolute Gasteiger partial charge is 0.144 e. The molecular weight excluding hydrogens is 426 g/mol. The molecule has 6 aromatic rings. The van der Waals surface area contributed by atoms with E-state index in [2.05, 4.69) is 47.4 Å². The zero-order chi connectivity index (χ0) is 28.4. The van der Waals surface area contributed by atoms with Crippen LogP contribution in [-0.2, 0) is 6.37 Å². The van der Waals surface area contributed by atoms with Crippen LogP contribution in [0, 0.1) is 12.3 Å². The summed E-state index contributed by atoms with van der Waals surface area (Å²) in [6.45, 7) is 2.81. The monoisotopic (exact) mass is 460 g/mol. The highest BCUT2D eigenvalue weighted by Gasteiger charge is 2.18. The first kappa shape index (κ1) is 16.7. The van der Waals surface area contributed by atoms with Gasteiger partial charge in [0.05, 0.1) is 5.69 Å². The highest BCUT2D eigenvalue weighted by molar-refractivity contribution is 6.17. The van der Waals surface area contributed by atoms with E-state index in [1.165, 1.54) is 6.20 Å². The molecule has 4 aromatic carbocycles. The second-order valence-electron chi connectivity index (χ2n) is 10.0. The zero-order valence-corrected chi connectivity index (χ0v) is 20.0. The molecule has 2 heterocycles. The van der Waals surface area contributed by atoms with Crippen LogP contribution in [-0.4, -0.2) is 4.98 Å². The summed E-state index contributed by atoms with van der Waals surface area (Å²) in [6, 6.07) is 28.1. The predicted molar refractivity (Wildman–Crippen MR) is 148 cm³/mol. The predicted octanol–water partition coefficient (Wildman–Crippen LogP) is 9.37. The van der Waals surface area contributed by atoms with Gasteiger partial charge in [0.25, 0.3) is 0 Å². The van der Waals surface area contributed by atoms with Crippen LogP contribution in [0.3, 0.4) is 0 Å². The molecule has 0 N–H and O–H groups in total. The SMILES string of the molecule is [2H]C([2H])([2H])c1cnc(-c2cccc3c2oc2c4cc(-c5ccccc5)ccc4ccc32)cc1C([2H])([2H])C(C)(C)C. The van der Waals surface area contributed by atoms with Crippen molar-refractivity contribution >= 4 is 32.7 Å². The summed E-state index contributed by atoms with van der Waals surface area (Å²) < 4.78 is 48.5. The Morgan fingerprint density at radius 1 is 0.800 bits per heavy atom. The quantitative estimate of drug-likeness (QED) is 0.263. The first-order valence-corrected chi connectivity index (χ1v) is 11.8. The van der Waals surface area contributed by atoms with E-state index in [-0.39, 0.29) is 11.1 Å². The summed E-state index contributed by atoms with van der Waals surface area (Å²) >= 11 is 0. The van der Waals surface area contributed by atoms with E-state index in [0.29, 0.717) is 16.8 Å². The Balaban J connectivity index is 1.60. The standard InChI is InChI=1S/C33H29NO/c1-21-20-34-30(18-25(21)19-33(2,3)4)28-12-8-11-26-27-16-15-23-13-14-24(22-9-6-5-7-10-22)17-29(23)32(27)35-31(26)28/h5-18,20H,19H2,1-4H3/i1D3,19D2. The van der Waals surface area contributed by atoms with Crippen molar-refractivity contribution < 1.29 is 11.3 Å². The highest BCUT2D eigenvalue weighted by atomic mass is 16.3. The molecule has 0 spiro atoms. The van der Waals surface area contributed by atoms with Crippen LogP contribution in [0.15, 0.2) is 95.5 Å². The van der Waals surface area contributed by atoms with Gasteiger partial charge < -0.3 is 4.42 Å². The van der Waals surface area contributed by atoms with Crippen molar-refractivity contribution in [2.24, 2.45) is 5.41 Å². The van der Waals surface area contributed by atoms with Crippen molar-refractivity contribution in [3.63, 3.8) is 0 Å². The van der Waals surface area contributed by atoms with Crippen LogP contribution < -0.4 is 0 Å². The Morgan fingerprint density at radius 3 is 2.40 bits per heavy atom. The van der Waals surface area contributed by atoms with Gasteiger partial charge in [-0.25, -0.2) is 0 Å². The molecule has 0 saturated heterocycles. The molecule has 0 aliphatic carbocycles. The van der Waals surface area contributed by atoms with Crippen molar-refractivity contribution in [3.8, 4) is 22.4 Å². The summed E-state index contributed by atoms with van der Waals surface area (Å²) in [5, 5.41) is 3.95. The number of fused-ring (bicyclic) bond motifs is 5. The topological polar surface area (TPSA) is 26.0 Å². The van der Waals surface area contributed by atoms with E-state index >= 15 is 0 Å². The van der Waals surface area contributed by atoms with Gasteiger partial charge in [-0.05, 0) is 70.5 Å². The molecule has 0 aliphatic rings. The molecular formula is C33H29NO. The summed E-state index contributed by atoms with van der Waals surface area (Å²) in [4.78, 5) is 4.52. The lowest BCUT2D eigenvalue weighted by atomic mass is 9.86. The van der Waals surface area contributed by atoms with E-state index in [1.54, 1.807) is 26.8 Å². The molecule has 0 bridgehead atoms. The Labute approximate surface area is 213 Å². The molecule has 2 aromatic heterocycles. The van der Waals surface area contributed by atoms with Gasteiger partial charge in [-0.15, -0.1) is 0 Å². The third kappa shape index (κ3) is 3.89. The first-order chi connectivity index (χ1) is 18.9. The average Bonchev–Trinajstić information content (AvgIpc) is 3.31. The van der Waals surface area contributed by atoms with Gasteiger partial charge in [-0.3, -0.25) is 4.98 Å². The van der Waals surface area contributed by atoms with Crippen molar-refractivity contribution in [2.75, 3.05) is 0 Å². The average molecular weight is 461 g/mol. The lowest BCUT2D eigenvalue weighted by Gasteiger charge is -2.20. The lowest BCUT2D eigenvalue weighted by molar-refractivity contribution is 0.410. The molecule has 172 valence electrons. The molecule has 0 aliphatic heterocycles. The number of aromatic nitrogens is 1. The fourth-order valence-electron chi connectivity index (χ4n) is 4.70. The van der Waals surface area contributed by atoms with E-state index < -0.39 is 18.6 Å². The summed E-state index contributed by atoms with van der Waals surface area (Å²) in [5.74, 6) is 0. The number of aryl methyl sites for hydroxylation is 1. The number of benzene rings is 4. The summed E-state index contributed by atoms with van der Waals surface area (Å²) in [5.41, 5.74) is 3.97. The van der Waals surface area contributed by atoms with Crippen LogP contribution >= 0.6 is 0 Å². The Morgan fingerprint density at radius 2 is 1.60 bits per heavy atom. The Hall–Kier alpha value is -3.91. The fourth-order valence-corrected chi connectivity index (χ4v) is 4.70. The molecule has 0 atom stereocenters. The molecule has 0 saturated carbocycles. The molecule has 6 rings (SSSR count). The molecule has 0 radical (unpaired) electrons. The van der Waals surface area contributed by atoms with Gasteiger partial charge in [0.2, 0.25) is 0 Å². The van der Waals surface area contributed by atoms with Gasteiger partial charge in [-0.1, -0.05) is 81.4 Å². The van der Waals surface area contributed by atoms with Gasteiger partial charge in [0.1, 0.15) is 11.2 Å². The lowest BCUT2D eigenvalue weighted by Crippen LogP contribution is -2.10. The van der Waals surface area contributed by atoms with Crippen molar-refractivity contribution in [1.29, 1.82) is 0 Å². The Bertz CT molecular complexity index is 1900. The number of rotatable bonds is 3. The first-order valence-electron chi connectivity index (χ1n) is 14.3. The minimum absolute atomic E-state index is 0.0765. The largest absolute Gasteiger partial charge is 0.455 e. The molecule has 0 unspecified atom stereocenters. The number of pyridine rings is 1. The van der Waals surface area contributed by atoms with Crippen LogP contribution in [0.1, 0.15) is 38.8 Å². The molecule has 2 nitrogen and oxygen atoms in total. The Kier molecular flexibility index (Phi) is 3.86. The van der Waals surface area contributed by atoms with Crippen LogP contribution in [0.4, 0.5) is 0 Å². The maximum absolute atomic E-state index is 8.90. The third-order valence-electron chi connectivity index (χ3n) is 6.28. The van der Waals surface area contributed by atoms with E-state index in [1.807, 2.05) is 36.4 Å². The highest BCUT2D eigenvalue weighted by Crippen LogP contribution is 2.39. The van der Waals surface area contributed by atoms with Gasteiger partial charge >= 0.3 is 0 Å². The maximum atomic E-state index is 8.90. The van der Waals surface area contributed by atoms with Gasteiger partial charge in [0.15, 0.2) is 0 Å². The van der Waals surface area contributed by atoms with Crippen molar-refractivity contribution in [3.05, 3.63) is 102 Å². The fraction of sp³-hybridized carbons (Fsp3) is 0.182. The van der Waals surface area contributed by atoms with Gasteiger partial charge in [-0.2, -0.15) is 0 Å². The maximum Gasteiger partial charge on any atom is 0.144 e. The normalized spacial score (nSPS) is 15.0. The third-order valence-corrected chi connectivity index (χ3v) is 6.28. The molecule has 0 fully saturated rings. The second-order valence-corrected chi connectivity index (χ2v) is 10.0. The zero-order valence-electron chi connectivity index (χ0n) is 25.0. The van der Waals surface area contributed by atoms with Crippen molar-refractivity contribution in [2.45, 2.75) is 34.0 Å². The number of hydrogen-bond donors (Lipinski definition) is 0. The molecule has 35 heavy (non-hydrogen) atoms. The van der Waals surface area contributed by atoms with E-state index in [9.17, 15) is 0 Å². The van der Waals surface area contributed by atoms with Crippen LogP contribution in [0.5, 0.6) is 0 Å². The number of para-hydroxylation sites is 1. The van der Waals surface area contributed by atoms with E-state index in [0.717, 1.165) is 38.3 Å². The number of hydrogen-bond acceptors (Lipinski definition) is 2. The number of nitrogens with zero attached hydrogens (tertiary/aromatic N) is 1. The van der Waals surface area contributed by atoms with Crippen molar-refractivity contribution in [1.82, 2.24) is 4.98 Å². The minimum atomic E-state index is -2.50. The molecule has 0 amide bonds.